The Bertz CT molecular complexity index is 949. The molecule has 0 aliphatic carbocycles. The van der Waals surface area contributed by atoms with Crippen molar-refractivity contribution < 1.29 is 26.7 Å². The van der Waals surface area contributed by atoms with Crippen molar-refractivity contribution in [2.75, 3.05) is 6.54 Å². The van der Waals surface area contributed by atoms with Gasteiger partial charge in [0.1, 0.15) is 0 Å². The van der Waals surface area contributed by atoms with E-state index >= 15 is 0 Å². The molecule has 0 atom stereocenters. The molecule has 29 heavy (non-hydrogen) atoms. The summed E-state index contributed by atoms with van der Waals surface area (Å²) >= 11 is 0. The van der Waals surface area contributed by atoms with Crippen molar-refractivity contribution in [3.05, 3.63) is 65.2 Å². The summed E-state index contributed by atoms with van der Waals surface area (Å²) in [6.45, 7) is 4.50. The molecule has 2 rings (SSSR count). The van der Waals surface area contributed by atoms with Gasteiger partial charge < -0.3 is 10.1 Å². The minimum atomic E-state index is -4.03. The van der Waals surface area contributed by atoms with E-state index in [0.717, 1.165) is 23.3 Å². The molecule has 0 fully saturated rings. The van der Waals surface area contributed by atoms with Gasteiger partial charge in [-0.15, -0.1) is 0 Å². The highest BCUT2D eigenvalue weighted by atomic mass is 32.2. The van der Waals surface area contributed by atoms with Crippen molar-refractivity contribution in [3.63, 3.8) is 0 Å². The minimum Gasteiger partial charge on any atom is -0.374 e. The molecule has 0 aromatic heterocycles. The van der Waals surface area contributed by atoms with Crippen molar-refractivity contribution >= 4 is 15.9 Å². The summed E-state index contributed by atoms with van der Waals surface area (Å²) in [5, 5.41) is 2.71. The molecule has 0 spiro atoms. The number of benzene rings is 2. The highest BCUT2D eigenvalue weighted by molar-refractivity contribution is 7.89. The van der Waals surface area contributed by atoms with E-state index in [0.29, 0.717) is 19.2 Å². The fourth-order valence-corrected chi connectivity index (χ4v) is 3.45. The van der Waals surface area contributed by atoms with Crippen LogP contribution in [0.2, 0.25) is 0 Å². The van der Waals surface area contributed by atoms with E-state index in [1.54, 1.807) is 0 Å². The van der Waals surface area contributed by atoms with Crippen LogP contribution in [0.4, 0.5) is 8.78 Å². The Morgan fingerprint density at radius 3 is 2.48 bits per heavy atom. The molecule has 0 saturated carbocycles. The Morgan fingerprint density at radius 1 is 1.07 bits per heavy atom. The molecule has 1 amide bonds. The van der Waals surface area contributed by atoms with Crippen LogP contribution in [0.15, 0.2) is 47.4 Å². The lowest BCUT2D eigenvalue weighted by Gasteiger charge is -2.10. The van der Waals surface area contributed by atoms with Crippen molar-refractivity contribution in [2.45, 2.75) is 44.4 Å². The molecule has 0 radical (unpaired) electrons. The fourth-order valence-electron chi connectivity index (χ4n) is 2.41. The third-order valence-corrected chi connectivity index (χ3v) is 5.37. The van der Waals surface area contributed by atoms with Gasteiger partial charge in [-0.1, -0.05) is 24.3 Å². The Balaban J connectivity index is 1.80. The minimum absolute atomic E-state index is 0.0982. The number of hydrogen-bond acceptors (Lipinski definition) is 4. The van der Waals surface area contributed by atoms with E-state index in [4.69, 9.17) is 4.74 Å². The van der Waals surface area contributed by atoms with Gasteiger partial charge in [0.2, 0.25) is 15.9 Å². The summed E-state index contributed by atoms with van der Waals surface area (Å²) in [6.07, 6.45) is 0.0209. The van der Waals surface area contributed by atoms with Crippen LogP contribution in [0.25, 0.3) is 0 Å². The number of hydrogen-bond donors (Lipinski definition) is 2. The Kier molecular flexibility index (Phi) is 8.24. The Hall–Kier alpha value is -2.36. The maximum Gasteiger partial charge on any atom is 0.240 e. The predicted octanol–water partition coefficient (Wildman–Crippen LogP) is 2.87. The van der Waals surface area contributed by atoms with Gasteiger partial charge in [0, 0.05) is 19.5 Å². The third-order valence-electron chi connectivity index (χ3n) is 3.91. The number of halogens is 2. The predicted molar refractivity (Wildman–Crippen MR) is 104 cm³/mol. The first-order valence-corrected chi connectivity index (χ1v) is 10.6. The molecular weight excluding hydrogens is 402 g/mol. The van der Waals surface area contributed by atoms with Gasteiger partial charge in [-0.05, 0) is 43.2 Å². The standard InChI is InChI=1S/C20H24F2N2O4S/c1-14(2)28-13-16-5-3-4-15(10-16)12-23-20(25)8-9-24-29(26,27)17-6-7-18(21)19(22)11-17/h3-7,10-11,14,24H,8-9,12-13H2,1-2H3,(H,23,25). The first-order valence-electron chi connectivity index (χ1n) is 9.08. The molecule has 0 unspecified atom stereocenters. The van der Waals surface area contributed by atoms with Gasteiger partial charge in [0.15, 0.2) is 11.6 Å². The summed E-state index contributed by atoms with van der Waals surface area (Å²) in [7, 11) is -4.03. The molecule has 2 aromatic carbocycles. The van der Waals surface area contributed by atoms with Crippen LogP contribution in [0.3, 0.4) is 0 Å². The smallest absolute Gasteiger partial charge is 0.240 e. The molecule has 2 N–H and O–H groups in total. The van der Waals surface area contributed by atoms with E-state index in [9.17, 15) is 22.0 Å². The molecule has 0 aliphatic rings. The van der Waals surface area contributed by atoms with Crippen LogP contribution in [-0.2, 0) is 32.7 Å². The zero-order valence-electron chi connectivity index (χ0n) is 16.2. The topological polar surface area (TPSA) is 84.5 Å². The number of sulfonamides is 1. The zero-order chi connectivity index (χ0) is 21.4. The van der Waals surface area contributed by atoms with Crippen molar-refractivity contribution in [3.8, 4) is 0 Å². The van der Waals surface area contributed by atoms with Crippen LogP contribution >= 0.6 is 0 Å². The largest absolute Gasteiger partial charge is 0.374 e. The summed E-state index contributed by atoms with van der Waals surface area (Å²) in [6, 6.07) is 9.87. The van der Waals surface area contributed by atoms with Gasteiger partial charge in [-0.2, -0.15) is 0 Å². The molecule has 0 heterocycles. The van der Waals surface area contributed by atoms with E-state index < -0.39 is 26.6 Å². The number of ether oxygens (including phenoxy) is 1. The molecule has 158 valence electrons. The van der Waals surface area contributed by atoms with Crippen LogP contribution in [0.5, 0.6) is 0 Å². The highest BCUT2D eigenvalue weighted by Crippen LogP contribution is 2.13. The van der Waals surface area contributed by atoms with E-state index in [1.807, 2.05) is 38.1 Å². The van der Waals surface area contributed by atoms with Crippen molar-refractivity contribution in [1.82, 2.24) is 10.0 Å². The van der Waals surface area contributed by atoms with E-state index in [2.05, 4.69) is 10.0 Å². The Morgan fingerprint density at radius 2 is 1.79 bits per heavy atom. The van der Waals surface area contributed by atoms with E-state index in [-0.39, 0.29) is 25.0 Å². The van der Waals surface area contributed by atoms with Gasteiger partial charge in [-0.25, -0.2) is 21.9 Å². The monoisotopic (exact) mass is 426 g/mol. The van der Waals surface area contributed by atoms with Gasteiger partial charge in [0.25, 0.3) is 0 Å². The average Bonchev–Trinajstić information content (AvgIpc) is 2.67. The van der Waals surface area contributed by atoms with Crippen molar-refractivity contribution in [2.24, 2.45) is 0 Å². The average molecular weight is 426 g/mol. The lowest BCUT2D eigenvalue weighted by Crippen LogP contribution is -2.30. The van der Waals surface area contributed by atoms with Crippen LogP contribution < -0.4 is 10.0 Å². The van der Waals surface area contributed by atoms with Gasteiger partial charge >= 0.3 is 0 Å². The van der Waals surface area contributed by atoms with Crippen LogP contribution in [-0.4, -0.2) is 27.0 Å². The first-order chi connectivity index (χ1) is 13.7. The lowest BCUT2D eigenvalue weighted by molar-refractivity contribution is -0.121. The second kappa shape index (κ2) is 10.4. The molecule has 9 heteroatoms. The summed E-state index contributed by atoms with van der Waals surface area (Å²) in [5.74, 6) is -2.74. The molecular formula is C20H24F2N2O4S. The third kappa shape index (κ3) is 7.52. The summed E-state index contributed by atoms with van der Waals surface area (Å²) < 4.78 is 58.0. The number of amides is 1. The number of rotatable bonds is 10. The number of carbonyl (C=O) groups excluding carboxylic acids is 1. The van der Waals surface area contributed by atoms with Crippen LogP contribution in [0, 0.1) is 11.6 Å². The van der Waals surface area contributed by atoms with Gasteiger partial charge in [0.05, 0.1) is 17.6 Å². The molecule has 0 bridgehead atoms. The van der Waals surface area contributed by atoms with Crippen molar-refractivity contribution in [1.29, 1.82) is 0 Å². The Labute approximate surface area is 169 Å². The highest BCUT2D eigenvalue weighted by Gasteiger charge is 2.16. The van der Waals surface area contributed by atoms with Crippen LogP contribution in [0.1, 0.15) is 31.4 Å². The maximum absolute atomic E-state index is 13.2. The molecule has 0 aliphatic heterocycles. The van der Waals surface area contributed by atoms with E-state index in [1.165, 1.54) is 0 Å². The second-order valence-electron chi connectivity index (χ2n) is 6.68. The SMILES string of the molecule is CC(C)OCc1cccc(CNC(=O)CCNS(=O)(=O)c2ccc(F)c(F)c2)c1. The summed E-state index contributed by atoms with van der Waals surface area (Å²) in [5.41, 5.74) is 1.88. The maximum atomic E-state index is 13.2. The molecule has 2 aromatic rings. The van der Waals surface area contributed by atoms with Gasteiger partial charge in [-0.3, -0.25) is 4.79 Å². The number of nitrogens with one attached hydrogen (secondary N) is 2. The molecule has 6 nitrogen and oxygen atoms in total. The molecule has 0 saturated heterocycles. The normalized spacial score (nSPS) is 11.6. The zero-order valence-corrected chi connectivity index (χ0v) is 17.1. The quantitative estimate of drug-likeness (QED) is 0.612. The first kappa shape index (κ1) is 22.9. The second-order valence-corrected chi connectivity index (χ2v) is 8.45. The lowest BCUT2D eigenvalue weighted by atomic mass is 10.1. The fraction of sp³-hybridized carbons (Fsp3) is 0.350. The summed E-state index contributed by atoms with van der Waals surface area (Å²) in [4.78, 5) is 11.6. The number of carbonyl (C=O) groups is 1.